The molecule has 21 heavy (non-hydrogen) atoms. The first-order chi connectivity index (χ1) is 9.78. The van der Waals surface area contributed by atoms with Crippen LogP contribution in [-0.2, 0) is 14.6 Å². The molecule has 0 aromatic heterocycles. The van der Waals surface area contributed by atoms with E-state index in [1.807, 2.05) is 31.2 Å². The fourth-order valence-electron chi connectivity index (χ4n) is 2.61. The van der Waals surface area contributed by atoms with E-state index in [-0.39, 0.29) is 29.5 Å². The minimum atomic E-state index is -2.98. The largest absolute Gasteiger partial charge is 0.374 e. The molecule has 1 heterocycles. The second-order valence-corrected chi connectivity index (χ2v) is 7.97. The fraction of sp³-hybridized carbons (Fsp3) is 0.533. The second-order valence-electron chi connectivity index (χ2n) is 5.74. The van der Waals surface area contributed by atoms with Gasteiger partial charge in [-0.1, -0.05) is 12.1 Å². The molecule has 1 aromatic rings. The topological polar surface area (TPSA) is 66.5 Å². The molecule has 0 radical (unpaired) electrons. The molecular formula is C15H22N2O3S. The van der Waals surface area contributed by atoms with E-state index in [4.69, 9.17) is 0 Å². The predicted molar refractivity (Wildman–Crippen MR) is 84.1 cm³/mol. The van der Waals surface area contributed by atoms with Crippen molar-refractivity contribution in [2.75, 3.05) is 23.9 Å². The third-order valence-corrected chi connectivity index (χ3v) is 5.63. The standard InChI is InChI=1S/C15H22N2O3S/c1-11-5-4-6-13(9-11)16-12(2)15(18)17(3)14-7-8-21(19,20)10-14/h4-6,9,12,14,16H,7-8,10H2,1-3H3/t12-,14+/m1/s1. The summed E-state index contributed by atoms with van der Waals surface area (Å²) in [4.78, 5) is 14.0. The van der Waals surface area contributed by atoms with Crippen LogP contribution < -0.4 is 5.32 Å². The summed E-state index contributed by atoms with van der Waals surface area (Å²) < 4.78 is 23.0. The minimum Gasteiger partial charge on any atom is -0.374 e. The van der Waals surface area contributed by atoms with Gasteiger partial charge in [0.05, 0.1) is 11.5 Å². The number of nitrogens with one attached hydrogen (secondary N) is 1. The van der Waals surface area contributed by atoms with Crippen LogP contribution >= 0.6 is 0 Å². The molecule has 1 saturated heterocycles. The molecule has 1 aliphatic rings. The first kappa shape index (κ1) is 15.8. The molecule has 5 nitrogen and oxygen atoms in total. The van der Waals surface area contributed by atoms with Crippen molar-refractivity contribution in [1.29, 1.82) is 0 Å². The average molecular weight is 310 g/mol. The minimum absolute atomic E-state index is 0.0758. The van der Waals surface area contributed by atoms with Gasteiger partial charge in [0.1, 0.15) is 6.04 Å². The zero-order chi connectivity index (χ0) is 15.6. The molecule has 0 spiro atoms. The van der Waals surface area contributed by atoms with Crippen LogP contribution in [0.5, 0.6) is 0 Å². The molecule has 0 unspecified atom stereocenters. The van der Waals surface area contributed by atoms with Crippen molar-refractivity contribution in [1.82, 2.24) is 4.90 Å². The average Bonchev–Trinajstić information content (AvgIpc) is 2.77. The van der Waals surface area contributed by atoms with Gasteiger partial charge in [-0.15, -0.1) is 0 Å². The molecule has 0 saturated carbocycles. The maximum Gasteiger partial charge on any atom is 0.244 e. The van der Waals surface area contributed by atoms with Gasteiger partial charge in [-0.3, -0.25) is 4.79 Å². The van der Waals surface area contributed by atoms with Gasteiger partial charge in [0.2, 0.25) is 5.91 Å². The van der Waals surface area contributed by atoms with Crippen molar-refractivity contribution < 1.29 is 13.2 Å². The number of nitrogens with zero attached hydrogens (tertiary/aromatic N) is 1. The van der Waals surface area contributed by atoms with Gasteiger partial charge in [-0.2, -0.15) is 0 Å². The summed E-state index contributed by atoms with van der Waals surface area (Å²) in [6, 6.07) is 7.22. The maximum atomic E-state index is 12.4. The summed E-state index contributed by atoms with van der Waals surface area (Å²) in [5, 5.41) is 3.17. The fourth-order valence-corrected chi connectivity index (χ4v) is 4.39. The van der Waals surface area contributed by atoms with E-state index in [0.29, 0.717) is 6.42 Å². The second kappa shape index (κ2) is 6.05. The highest BCUT2D eigenvalue weighted by molar-refractivity contribution is 7.91. The molecule has 0 bridgehead atoms. The quantitative estimate of drug-likeness (QED) is 0.914. The molecule has 1 aromatic carbocycles. The number of carbonyl (C=O) groups excluding carboxylic acids is 1. The Labute approximate surface area is 126 Å². The van der Waals surface area contributed by atoms with Crippen molar-refractivity contribution in [3.8, 4) is 0 Å². The molecule has 1 aliphatic heterocycles. The Balaban J connectivity index is 1.99. The van der Waals surface area contributed by atoms with E-state index in [9.17, 15) is 13.2 Å². The van der Waals surface area contributed by atoms with E-state index in [0.717, 1.165) is 11.3 Å². The smallest absolute Gasteiger partial charge is 0.244 e. The van der Waals surface area contributed by atoms with Crippen LogP contribution in [0, 0.1) is 6.92 Å². The summed E-state index contributed by atoms with van der Waals surface area (Å²) >= 11 is 0. The van der Waals surface area contributed by atoms with Crippen molar-refractivity contribution in [3.05, 3.63) is 29.8 Å². The van der Waals surface area contributed by atoms with Crippen LogP contribution in [0.4, 0.5) is 5.69 Å². The van der Waals surface area contributed by atoms with E-state index < -0.39 is 9.84 Å². The molecule has 1 amide bonds. The lowest BCUT2D eigenvalue weighted by Crippen LogP contribution is -2.45. The third-order valence-electron chi connectivity index (χ3n) is 3.88. The van der Waals surface area contributed by atoms with Crippen LogP contribution in [0.1, 0.15) is 18.9 Å². The molecular weight excluding hydrogens is 288 g/mol. The SMILES string of the molecule is Cc1cccc(N[C@H](C)C(=O)N(C)[C@H]2CCS(=O)(=O)C2)c1. The van der Waals surface area contributed by atoms with Gasteiger partial charge < -0.3 is 10.2 Å². The summed E-state index contributed by atoms with van der Waals surface area (Å²) in [6.07, 6.45) is 0.530. The number of likely N-dealkylation sites (N-methyl/N-ethyl adjacent to an activating group) is 1. The number of sulfone groups is 1. The number of aryl methyl sites for hydroxylation is 1. The molecule has 116 valence electrons. The van der Waals surface area contributed by atoms with Gasteiger partial charge in [0.15, 0.2) is 9.84 Å². The number of rotatable bonds is 4. The lowest BCUT2D eigenvalue weighted by molar-refractivity contribution is -0.132. The lowest BCUT2D eigenvalue weighted by Gasteiger charge is -2.27. The van der Waals surface area contributed by atoms with Crippen LogP contribution in [0.25, 0.3) is 0 Å². The van der Waals surface area contributed by atoms with Crippen molar-refractivity contribution in [2.24, 2.45) is 0 Å². The molecule has 6 heteroatoms. The Hall–Kier alpha value is -1.56. The Bertz CT molecular complexity index is 628. The zero-order valence-electron chi connectivity index (χ0n) is 12.7. The van der Waals surface area contributed by atoms with Crippen LogP contribution in [0.3, 0.4) is 0 Å². The first-order valence-electron chi connectivity index (χ1n) is 7.09. The highest BCUT2D eigenvalue weighted by Gasteiger charge is 2.33. The zero-order valence-corrected chi connectivity index (χ0v) is 13.5. The van der Waals surface area contributed by atoms with Crippen LogP contribution in [-0.4, -0.2) is 49.9 Å². The van der Waals surface area contributed by atoms with E-state index in [1.165, 1.54) is 0 Å². The highest BCUT2D eigenvalue weighted by Crippen LogP contribution is 2.18. The molecule has 0 aliphatic carbocycles. The summed E-state index contributed by atoms with van der Waals surface area (Å²) in [6.45, 7) is 3.79. The number of carbonyl (C=O) groups is 1. The Morgan fingerprint density at radius 3 is 2.71 bits per heavy atom. The molecule has 1 fully saturated rings. The van der Waals surface area contributed by atoms with Gasteiger partial charge in [-0.25, -0.2) is 8.42 Å². The number of benzene rings is 1. The van der Waals surface area contributed by atoms with Crippen LogP contribution in [0.2, 0.25) is 0 Å². The summed E-state index contributed by atoms with van der Waals surface area (Å²) in [7, 11) is -1.30. The van der Waals surface area contributed by atoms with Crippen molar-refractivity contribution >= 4 is 21.4 Å². The lowest BCUT2D eigenvalue weighted by atomic mass is 10.1. The Kier molecular flexibility index (Phi) is 4.56. The van der Waals surface area contributed by atoms with E-state index in [1.54, 1.807) is 18.9 Å². The van der Waals surface area contributed by atoms with Gasteiger partial charge in [-0.05, 0) is 38.0 Å². The van der Waals surface area contributed by atoms with Crippen molar-refractivity contribution in [2.45, 2.75) is 32.4 Å². The van der Waals surface area contributed by atoms with Crippen molar-refractivity contribution in [3.63, 3.8) is 0 Å². The number of hydrogen-bond acceptors (Lipinski definition) is 4. The molecule has 2 atom stereocenters. The normalized spacial score (nSPS) is 21.8. The van der Waals surface area contributed by atoms with Gasteiger partial charge in [0, 0.05) is 18.8 Å². The van der Waals surface area contributed by atoms with E-state index >= 15 is 0 Å². The predicted octanol–water partition coefficient (Wildman–Crippen LogP) is 1.44. The summed E-state index contributed by atoms with van der Waals surface area (Å²) in [5.41, 5.74) is 2.01. The summed E-state index contributed by atoms with van der Waals surface area (Å²) in [5.74, 6) is 0.167. The maximum absolute atomic E-state index is 12.4. The highest BCUT2D eigenvalue weighted by atomic mass is 32.2. The number of hydrogen-bond donors (Lipinski definition) is 1. The number of anilines is 1. The third kappa shape index (κ3) is 3.97. The number of amides is 1. The van der Waals surface area contributed by atoms with Gasteiger partial charge in [0.25, 0.3) is 0 Å². The molecule has 1 N–H and O–H groups in total. The van der Waals surface area contributed by atoms with E-state index in [2.05, 4.69) is 5.32 Å². The van der Waals surface area contributed by atoms with Crippen LogP contribution in [0.15, 0.2) is 24.3 Å². The monoisotopic (exact) mass is 310 g/mol. The Morgan fingerprint density at radius 2 is 2.14 bits per heavy atom. The first-order valence-corrected chi connectivity index (χ1v) is 8.91. The Morgan fingerprint density at radius 1 is 1.43 bits per heavy atom. The van der Waals surface area contributed by atoms with Gasteiger partial charge >= 0.3 is 0 Å². The molecule has 2 rings (SSSR count).